The number of methoxy groups -OCH3 is 1. The maximum Gasteiger partial charge on any atom is 0.256 e. The van der Waals surface area contributed by atoms with Crippen LogP contribution in [0.1, 0.15) is 26.3 Å². The second-order valence-corrected chi connectivity index (χ2v) is 3.17. The summed E-state index contributed by atoms with van der Waals surface area (Å²) >= 11 is 5.35. The summed E-state index contributed by atoms with van der Waals surface area (Å²) in [6, 6.07) is 3.24. The second-order valence-electron chi connectivity index (χ2n) is 2.82. The lowest BCUT2D eigenvalue weighted by Gasteiger charge is -2.08. The molecule has 0 aliphatic rings. The lowest BCUT2D eigenvalue weighted by molar-refractivity contribution is 0.106. The van der Waals surface area contributed by atoms with E-state index in [2.05, 4.69) is 0 Å². The fraction of sp³-hybridized carbons (Fsp3) is 0.200. The first-order valence-electron chi connectivity index (χ1n) is 3.93. The molecule has 0 spiro atoms. The molecule has 0 amide bonds. The van der Waals surface area contributed by atoms with Crippen LogP contribution in [-0.4, -0.2) is 18.6 Å². The van der Waals surface area contributed by atoms with E-state index in [0.29, 0.717) is 12.0 Å². The van der Waals surface area contributed by atoms with Gasteiger partial charge >= 0.3 is 0 Å². The molecular weight excluding hydrogens is 204 g/mol. The summed E-state index contributed by atoms with van der Waals surface area (Å²) in [6.07, 6.45) is 0.588. The molecule has 0 aliphatic heterocycles. The van der Waals surface area contributed by atoms with Gasteiger partial charge in [-0.15, -0.1) is 0 Å². The normalized spacial score (nSPS) is 9.64. The van der Waals surface area contributed by atoms with Crippen molar-refractivity contribution >= 4 is 23.1 Å². The predicted molar refractivity (Wildman–Crippen MR) is 53.3 cm³/mol. The van der Waals surface area contributed by atoms with Gasteiger partial charge < -0.3 is 4.74 Å². The van der Waals surface area contributed by atoms with Crippen LogP contribution in [0, 0.1) is 6.92 Å². The van der Waals surface area contributed by atoms with Crippen LogP contribution in [0.5, 0.6) is 5.75 Å². The van der Waals surface area contributed by atoms with Crippen molar-refractivity contribution in [2.24, 2.45) is 0 Å². The molecule has 0 bridgehead atoms. The van der Waals surface area contributed by atoms with Gasteiger partial charge in [0.25, 0.3) is 5.24 Å². The highest BCUT2D eigenvalue weighted by Gasteiger charge is 2.15. The first kappa shape index (κ1) is 10.7. The summed E-state index contributed by atoms with van der Waals surface area (Å²) in [4.78, 5) is 21.7. The molecule has 0 radical (unpaired) electrons. The Kier molecular flexibility index (Phi) is 3.25. The van der Waals surface area contributed by atoms with Crippen molar-refractivity contribution in [3.8, 4) is 5.75 Å². The largest absolute Gasteiger partial charge is 0.496 e. The topological polar surface area (TPSA) is 43.4 Å². The van der Waals surface area contributed by atoms with Crippen LogP contribution in [0.4, 0.5) is 0 Å². The van der Waals surface area contributed by atoms with Crippen LogP contribution in [0.25, 0.3) is 0 Å². The fourth-order valence-electron chi connectivity index (χ4n) is 1.24. The minimum Gasteiger partial charge on any atom is -0.496 e. The van der Waals surface area contributed by atoms with Crippen LogP contribution in [0.3, 0.4) is 0 Å². The summed E-state index contributed by atoms with van der Waals surface area (Å²) in [5, 5.41) is -0.691. The molecule has 14 heavy (non-hydrogen) atoms. The summed E-state index contributed by atoms with van der Waals surface area (Å²) in [5.41, 5.74) is 1.21. The minimum absolute atomic E-state index is 0.120. The number of carbonyl (C=O) groups excluding carboxylic acids is 2. The number of halogens is 1. The molecule has 3 nitrogen and oxygen atoms in total. The van der Waals surface area contributed by atoms with E-state index in [9.17, 15) is 9.59 Å². The molecular formula is C10H9ClO3. The van der Waals surface area contributed by atoms with E-state index in [1.165, 1.54) is 7.11 Å². The first-order valence-corrected chi connectivity index (χ1v) is 4.31. The highest BCUT2D eigenvalue weighted by Crippen LogP contribution is 2.25. The van der Waals surface area contributed by atoms with E-state index in [1.807, 2.05) is 0 Å². The monoisotopic (exact) mass is 212 g/mol. The van der Waals surface area contributed by atoms with Gasteiger partial charge in [-0.2, -0.15) is 0 Å². The Hall–Kier alpha value is -1.35. The van der Waals surface area contributed by atoms with Crippen molar-refractivity contribution in [2.45, 2.75) is 6.92 Å². The number of carbonyl (C=O) groups is 2. The Morgan fingerprint density at radius 3 is 2.57 bits per heavy atom. The van der Waals surface area contributed by atoms with Crippen molar-refractivity contribution in [1.29, 1.82) is 0 Å². The van der Waals surface area contributed by atoms with Gasteiger partial charge in [-0.3, -0.25) is 9.59 Å². The van der Waals surface area contributed by atoms with Gasteiger partial charge in [0.05, 0.1) is 12.7 Å². The molecule has 1 aromatic carbocycles. The molecule has 4 heteroatoms. The van der Waals surface area contributed by atoms with Crippen molar-refractivity contribution < 1.29 is 14.3 Å². The van der Waals surface area contributed by atoms with E-state index in [0.717, 1.165) is 5.56 Å². The summed E-state index contributed by atoms with van der Waals surface area (Å²) in [7, 11) is 1.42. The number of hydrogen-bond acceptors (Lipinski definition) is 3. The third-order valence-electron chi connectivity index (χ3n) is 1.82. The molecule has 1 rings (SSSR count). The number of aldehydes is 1. The van der Waals surface area contributed by atoms with Crippen molar-refractivity contribution in [2.75, 3.05) is 7.11 Å². The van der Waals surface area contributed by atoms with Gasteiger partial charge in [0.15, 0.2) is 6.29 Å². The highest BCUT2D eigenvalue weighted by atomic mass is 35.5. The SMILES string of the molecule is COc1cc(C)cc(C=O)c1C(=O)Cl. The van der Waals surface area contributed by atoms with Crippen molar-refractivity contribution in [3.63, 3.8) is 0 Å². The van der Waals surface area contributed by atoms with Gasteiger partial charge in [0, 0.05) is 5.56 Å². The second kappa shape index (κ2) is 4.24. The molecule has 0 aliphatic carbocycles. The summed E-state index contributed by atoms with van der Waals surface area (Å²) < 4.78 is 4.97. The van der Waals surface area contributed by atoms with Crippen LogP contribution in [0.2, 0.25) is 0 Å². The molecule has 0 unspecified atom stereocenters. The molecule has 0 atom stereocenters. The zero-order chi connectivity index (χ0) is 10.7. The predicted octanol–water partition coefficient (Wildman–Crippen LogP) is 2.20. The number of rotatable bonds is 3. The average Bonchev–Trinajstić information content (AvgIpc) is 2.15. The first-order chi connectivity index (χ1) is 6.60. The molecule has 0 fully saturated rings. The van der Waals surface area contributed by atoms with Crippen LogP contribution in [-0.2, 0) is 0 Å². The minimum atomic E-state index is -0.691. The zero-order valence-electron chi connectivity index (χ0n) is 7.83. The van der Waals surface area contributed by atoms with E-state index in [1.54, 1.807) is 19.1 Å². The maximum atomic E-state index is 11.0. The van der Waals surface area contributed by atoms with Gasteiger partial charge in [0.1, 0.15) is 5.75 Å². The number of hydrogen-bond donors (Lipinski definition) is 0. The third kappa shape index (κ3) is 1.93. The average molecular weight is 213 g/mol. The van der Waals surface area contributed by atoms with Crippen molar-refractivity contribution in [3.05, 3.63) is 28.8 Å². The fourth-order valence-corrected chi connectivity index (χ4v) is 1.45. The van der Waals surface area contributed by atoms with Crippen LogP contribution >= 0.6 is 11.6 Å². The molecule has 1 aromatic rings. The van der Waals surface area contributed by atoms with Gasteiger partial charge in [0.2, 0.25) is 0 Å². The molecule has 0 N–H and O–H groups in total. The van der Waals surface area contributed by atoms with Crippen LogP contribution in [0.15, 0.2) is 12.1 Å². The third-order valence-corrected chi connectivity index (χ3v) is 2.01. The van der Waals surface area contributed by atoms with E-state index in [-0.39, 0.29) is 11.1 Å². The number of aryl methyl sites for hydroxylation is 1. The smallest absolute Gasteiger partial charge is 0.256 e. The zero-order valence-corrected chi connectivity index (χ0v) is 8.59. The number of benzene rings is 1. The summed E-state index contributed by atoms with van der Waals surface area (Å²) in [6.45, 7) is 1.80. The number of ether oxygens (including phenoxy) is 1. The molecule has 74 valence electrons. The molecule has 0 saturated carbocycles. The standard InChI is InChI=1S/C10H9ClO3/c1-6-3-7(5-12)9(10(11)13)8(4-6)14-2/h3-5H,1-2H3. The highest BCUT2D eigenvalue weighted by molar-refractivity contribution is 6.68. The summed E-state index contributed by atoms with van der Waals surface area (Å²) in [5.74, 6) is 0.326. The van der Waals surface area contributed by atoms with E-state index in [4.69, 9.17) is 16.3 Å². The Labute approximate surface area is 86.6 Å². The quantitative estimate of drug-likeness (QED) is 0.570. The van der Waals surface area contributed by atoms with E-state index < -0.39 is 5.24 Å². The van der Waals surface area contributed by atoms with Gasteiger partial charge in [-0.05, 0) is 36.2 Å². The van der Waals surface area contributed by atoms with Gasteiger partial charge in [-0.1, -0.05) is 0 Å². The maximum absolute atomic E-state index is 11.0. The molecule has 0 saturated heterocycles. The Morgan fingerprint density at radius 2 is 2.14 bits per heavy atom. The Balaban J connectivity index is 3.48. The Bertz CT molecular complexity index is 385. The lowest BCUT2D eigenvalue weighted by atomic mass is 10.1. The van der Waals surface area contributed by atoms with Crippen molar-refractivity contribution in [1.82, 2.24) is 0 Å². The Morgan fingerprint density at radius 1 is 1.50 bits per heavy atom. The van der Waals surface area contributed by atoms with Crippen LogP contribution < -0.4 is 4.74 Å². The molecule has 0 heterocycles. The molecule has 0 aromatic heterocycles. The lowest BCUT2D eigenvalue weighted by Crippen LogP contribution is -2.01. The van der Waals surface area contributed by atoms with E-state index >= 15 is 0 Å². The van der Waals surface area contributed by atoms with Gasteiger partial charge in [-0.25, -0.2) is 0 Å².